The number of carboxylic acids is 1. The topological polar surface area (TPSA) is 161 Å². The van der Waals surface area contributed by atoms with Crippen LogP contribution >= 0.6 is 23.2 Å². The van der Waals surface area contributed by atoms with Gasteiger partial charge in [0.1, 0.15) is 16.9 Å². The summed E-state index contributed by atoms with van der Waals surface area (Å²) in [5, 5.41) is 17.9. The van der Waals surface area contributed by atoms with E-state index in [1.54, 1.807) is 49.5 Å². The Labute approximate surface area is 345 Å². The van der Waals surface area contributed by atoms with E-state index >= 15 is 0 Å². The third-order valence-corrected chi connectivity index (χ3v) is 11.3. The number of pyridine rings is 1. The highest BCUT2D eigenvalue weighted by Gasteiger charge is 2.31. The molecule has 2 aliphatic rings. The molecule has 2 N–H and O–H groups in total. The first-order valence-electron chi connectivity index (χ1n) is 19.0. The Bertz CT molecular complexity index is 2480. The number of benzene rings is 2. The highest BCUT2D eigenvalue weighted by molar-refractivity contribution is 6.39. The van der Waals surface area contributed by atoms with Crippen molar-refractivity contribution in [2.45, 2.75) is 64.8 Å². The van der Waals surface area contributed by atoms with E-state index in [1.165, 1.54) is 11.7 Å². The summed E-state index contributed by atoms with van der Waals surface area (Å²) in [6.07, 6.45) is 2.83. The molecule has 0 unspecified atom stereocenters. The Morgan fingerprint density at radius 3 is 2.33 bits per heavy atom. The molecule has 0 saturated carbocycles. The van der Waals surface area contributed by atoms with Crippen LogP contribution in [0.3, 0.4) is 0 Å². The van der Waals surface area contributed by atoms with Gasteiger partial charge in [-0.05, 0) is 58.4 Å². The van der Waals surface area contributed by atoms with Gasteiger partial charge in [-0.1, -0.05) is 59.6 Å². The molecule has 0 bridgehead atoms. The van der Waals surface area contributed by atoms with E-state index in [-0.39, 0.29) is 30.6 Å². The molecule has 0 radical (unpaired) electrons. The van der Waals surface area contributed by atoms with Crippen molar-refractivity contribution in [3.63, 3.8) is 0 Å². The van der Waals surface area contributed by atoms with Crippen LogP contribution < -0.4 is 15.6 Å². The van der Waals surface area contributed by atoms with Crippen molar-refractivity contribution in [1.82, 2.24) is 34.3 Å². The lowest BCUT2D eigenvalue weighted by atomic mass is 9.97. The monoisotopic (exact) mass is 829 g/mol. The fraction of sp³-hybridized carbons (Fsp3) is 0.381. The average molecular weight is 831 g/mol. The maximum Gasteiger partial charge on any atom is 0.410 e. The maximum atomic E-state index is 13.5. The van der Waals surface area contributed by atoms with Gasteiger partial charge >= 0.3 is 12.1 Å². The lowest BCUT2D eigenvalue weighted by Gasteiger charge is -2.29. The number of carbonyl (C=O) groups is 3. The predicted octanol–water partition coefficient (Wildman–Crippen LogP) is 6.67. The number of hydrogen-bond acceptors (Lipinski definition) is 9. The molecule has 2 aromatic carbocycles. The van der Waals surface area contributed by atoms with Crippen LogP contribution in [0.25, 0.3) is 39.0 Å². The van der Waals surface area contributed by atoms with Crippen molar-refractivity contribution >= 4 is 46.7 Å². The molecule has 0 aliphatic carbocycles. The molecule has 5 aromatic rings. The summed E-state index contributed by atoms with van der Waals surface area (Å²) >= 11 is 14.3. The van der Waals surface area contributed by atoms with Gasteiger partial charge in [0.15, 0.2) is 0 Å². The minimum Gasteiger partial charge on any atom is -0.481 e. The third kappa shape index (κ3) is 8.54. The van der Waals surface area contributed by atoms with Crippen LogP contribution in [-0.4, -0.2) is 90.4 Å². The summed E-state index contributed by atoms with van der Waals surface area (Å²) in [5.74, 6) is -0.475. The van der Waals surface area contributed by atoms with Gasteiger partial charge in [-0.3, -0.25) is 23.9 Å². The number of nitrogens with zero attached hydrogens (tertiary/aromatic N) is 6. The molecule has 2 aliphatic heterocycles. The van der Waals surface area contributed by atoms with Crippen LogP contribution in [0, 0.1) is 5.92 Å². The summed E-state index contributed by atoms with van der Waals surface area (Å²) in [7, 11) is 3.18. The van der Waals surface area contributed by atoms with E-state index in [1.807, 2.05) is 53.4 Å². The molecule has 7 rings (SSSR count). The first-order valence-corrected chi connectivity index (χ1v) is 19.8. The fourth-order valence-electron chi connectivity index (χ4n) is 7.47. The highest BCUT2D eigenvalue weighted by Crippen LogP contribution is 2.42. The first kappa shape index (κ1) is 40.7. The van der Waals surface area contributed by atoms with Gasteiger partial charge in [-0.2, -0.15) is 5.10 Å². The molecule has 304 valence electrons. The van der Waals surface area contributed by atoms with E-state index in [0.717, 1.165) is 0 Å². The molecule has 16 heteroatoms. The number of nitrogens with one attached hydrogen (secondary N) is 1. The first-order chi connectivity index (χ1) is 27.6. The van der Waals surface area contributed by atoms with E-state index < -0.39 is 23.6 Å². The maximum absolute atomic E-state index is 13.5. The number of carbonyl (C=O) groups excluding carboxylic acids is 2. The van der Waals surface area contributed by atoms with E-state index in [0.29, 0.717) is 105 Å². The minimum atomic E-state index is -0.817. The second-order valence-corrected chi connectivity index (χ2v) is 16.5. The van der Waals surface area contributed by atoms with Crippen molar-refractivity contribution in [3.8, 4) is 39.4 Å². The van der Waals surface area contributed by atoms with Gasteiger partial charge in [-0.15, -0.1) is 0 Å². The molecule has 14 nitrogen and oxygen atoms in total. The Hall–Kier alpha value is -5.44. The molecule has 2 atom stereocenters. The number of halogens is 2. The van der Waals surface area contributed by atoms with Gasteiger partial charge in [0, 0.05) is 72.2 Å². The highest BCUT2D eigenvalue weighted by atomic mass is 35.5. The number of aromatic nitrogens is 4. The van der Waals surface area contributed by atoms with Crippen LogP contribution in [0.4, 0.5) is 4.79 Å². The number of hydrogen-bond donors (Lipinski definition) is 2. The summed E-state index contributed by atoms with van der Waals surface area (Å²) in [5.41, 5.74) is 3.92. The zero-order chi connectivity index (χ0) is 41.5. The summed E-state index contributed by atoms with van der Waals surface area (Å²) in [4.78, 5) is 58.6. The number of amides is 2. The Morgan fingerprint density at radius 2 is 1.69 bits per heavy atom. The SMILES string of the molecule is COc1nc(-c2cccc(-c3cccc(-c4cc5c(=O)n(C)c(CN6CC[C@H](C(=O)O)C6)nn5c4)c3Cl)c2Cl)ccc1CN(C[C@@H]1CCC(=O)N1)C(=O)OC(C)(C)C. The fourth-order valence-corrected chi connectivity index (χ4v) is 8.13. The molecule has 2 saturated heterocycles. The predicted molar refractivity (Wildman–Crippen MR) is 220 cm³/mol. The van der Waals surface area contributed by atoms with E-state index in [4.69, 9.17) is 42.8 Å². The van der Waals surface area contributed by atoms with Gasteiger partial charge in [0.25, 0.3) is 5.56 Å². The summed E-state index contributed by atoms with van der Waals surface area (Å²) in [6, 6.07) is 16.4. The molecule has 3 aromatic heterocycles. The average Bonchev–Trinajstić information content (AvgIpc) is 3.93. The molecule has 0 spiro atoms. The second-order valence-electron chi connectivity index (χ2n) is 15.8. The van der Waals surface area contributed by atoms with Crippen LogP contribution in [0.5, 0.6) is 5.88 Å². The van der Waals surface area contributed by atoms with E-state index in [9.17, 15) is 24.3 Å². The lowest BCUT2D eigenvalue weighted by Crippen LogP contribution is -2.43. The Morgan fingerprint density at radius 1 is 1.00 bits per heavy atom. The van der Waals surface area contributed by atoms with E-state index in [2.05, 4.69) is 5.32 Å². The number of likely N-dealkylation sites (tertiary alicyclic amines) is 1. The normalized spacial score (nSPS) is 17.1. The van der Waals surface area contributed by atoms with Crippen LogP contribution in [-0.2, 0) is 34.5 Å². The lowest BCUT2D eigenvalue weighted by molar-refractivity contribution is -0.141. The van der Waals surface area contributed by atoms with Crippen molar-refractivity contribution in [1.29, 1.82) is 0 Å². The number of methoxy groups -OCH3 is 1. The molecular weight excluding hydrogens is 785 g/mol. The summed E-state index contributed by atoms with van der Waals surface area (Å²) < 4.78 is 14.5. The zero-order valence-electron chi connectivity index (χ0n) is 32.9. The molecule has 5 heterocycles. The molecule has 2 amide bonds. The summed E-state index contributed by atoms with van der Waals surface area (Å²) in [6.45, 7) is 7.17. The number of fused-ring (bicyclic) bond motifs is 1. The smallest absolute Gasteiger partial charge is 0.410 e. The zero-order valence-corrected chi connectivity index (χ0v) is 34.4. The molecular formula is C42H45Cl2N7O7. The Balaban J connectivity index is 1.16. The Kier molecular flexibility index (Phi) is 11.5. The number of carboxylic acid groups (broad SMARTS) is 1. The van der Waals surface area contributed by atoms with Crippen LogP contribution in [0.2, 0.25) is 10.0 Å². The minimum absolute atomic E-state index is 0.0459. The van der Waals surface area contributed by atoms with Gasteiger partial charge in [0.05, 0.1) is 41.9 Å². The van der Waals surface area contributed by atoms with Crippen LogP contribution in [0.1, 0.15) is 51.4 Å². The molecule has 2 fully saturated rings. The largest absolute Gasteiger partial charge is 0.481 e. The number of rotatable bonds is 11. The van der Waals surface area contributed by atoms with Gasteiger partial charge in [-0.25, -0.2) is 14.3 Å². The quantitative estimate of drug-likeness (QED) is 0.147. The van der Waals surface area contributed by atoms with Crippen molar-refractivity contribution in [2.75, 3.05) is 26.7 Å². The van der Waals surface area contributed by atoms with Crippen molar-refractivity contribution in [3.05, 3.63) is 92.6 Å². The number of ether oxygens (including phenoxy) is 2. The van der Waals surface area contributed by atoms with Gasteiger partial charge < -0.3 is 24.8 Å². The van der Waals surface area contributed by atoms with Crippen LogP contribution in [0.15, 0.2) is 65.6 Å². The van der Waals surface area contributed by atoms with Crippen molar-refractivity contribution in [2.24, 2.45) is 13.0 Å². The third-order valence-electron chi connectivity index (χ3n) is 10.5. The second kappa shape index (κ2) is 16.4. The number of aliphatic carboxylic acids is 1. The van der Waals surface area contributed by atoms with Gasteiger partial charge in [0.2, 0.25) is 11.8 Å². The van der Waals surface area contributed by atoms with Crippen molar-refractivity contribution < 1.29 is 29.0 Å². The standard InChI is InChI=1S/C42H45Cl2N7O7/c1-42(2,3)58-41(56)50(22-27-13-15-35(52)45-27)20-24-12-14-32(46-38(24)57-5)31-11-7-10-30(37(31)44)29-9-6-8-28(36(29)43)26-18-33-39(53)48(4)34(47-51(33)21-26)23-49-17-16-25(19-49)40(54)55/h6-12,14,18,21,25,27H,13,15-17,19-20,22-23H2,1-5H3,(H,45,52)(H,54,55)/t25-,27-/m0/s1. The molecule has 58 heavy (non-hydrogen) atoms.